The van der Waals surface area contributed by atoms with Crippen molar-refractivity contribution < 1.29 is 24.5 Å². The lowest BCUT2D eigenvalue weighted by Gasteiger charge is -2.06. The molecule has 0 aliphatic carbocycles. The molecule has 2 amide bonds. The molecule has 0 aliphatic heterocycles. The number of amides is 2. The van der Waals surface area contributed by atoms with E-state index in [9.17, 15) is 19.8 Å². The summed E-state index contributed by atoms with van der Waals surface area (Å²) in [7, 11) is 0. The molecule has 32 heavy (non-hydrogen) atoms. The van der Waals surface area contributed by atoms with Gasteiger partial charge in [0.2, 0.25) is 0 Å². The number of benzene rings is 3. The molecule has 0 heterocycles. The highest BCUT2D eigenvalue weighted by molar-refractivity contribution is 5.95. The van der Waals surface area contributed by atoms with E-state index in [4.69, 9.17) is 4.74 Å². The fourth-order valence-electron chi connectivity index (χ4n) is 2.48. The van der Waals surface area contributed by atoms with Gasteiger partial charge in [0, 0.05) is 16.7 Å². The summed E-state index contributed by atoms with van der Waals surface area (Å²) in [6.07, 6.45) is 2.66. The van der Waals surface area contributed by atoms with Crippen LogP contribution in [0.15, 0.2) is 83.0 Å². The first-order valence-corrected chi connectivity index (χ1v) is 9.47. The molecule has 162 valence electrons. The Morgan fingerprint density at radius 2 is 1.31 bits per heavy atom. The molecule has 0 bridgehead atoms. The minimum atomic E-state index is -0.489. The number of phenols is 2. The Labute approximate surface area is 183 Å². The normalized spacial score (nSPS) is 10.9. The third kappa shape index (κ3) is 6.42. The van der Waals surface area contributed by atoms with E-state index < -0.39 is 11.8 Å². The number of carbonyl (C=O) groups excluding carboxylic acids is 2. The molecule has 0 aliphatic rings. The summed E-state index contributed by atoms with van der Waals surface area (Å²) in [5.41, 5.74) is 5.93. The van der Waals surface area contributed by atoms with Crippen LogP contribution < -0.4 is 15.6 Å². The van der Waals surface area contributed by atoms with Crippen LogP contribution in [-0.4, -0.2) is 41.1 Å². The van der Waals surface area contributed by atoms with Crippen LogP contribution >= 0.6 is 0 Å². The maximum atomic E-state index is 12.1. The van der Waals surface area contributed by atoms with Gasteiger partial charge in [-0.1, -0.05) is 24.3 Å². The number of ether oxygens (including phenoxy) is 1. The predicted octanol–water partition coefficient (Wildman–Crippen LogP) is 2.39. The van der Waals surface area contributed by atoms with E-state index in [2.05, 4.69) is 21.1 Å². The first-order valence-electron chi connectivity index (χ1n) is 9.47. The zero-order valence-corrected chi connectivity index (χ0v) is 16.8. The number of hydrogen-bond acceptors (Lipinski definition) is 7. The zero-order chi connectivity index (χ0) is 22.8. The number of nitrogens with one attached hydrogen (secondary N) is 2. The lowest BCUT2D eigenvalue weighted by atomic mass is 10.2. The summed E-state index contributed by atoms with van der Waals surface area (Å²) in [5, 5.41) is 26.9. The zero-order valence-electron chi connectivity index (χ0n) is 16.8. The maximum Gasteiger partial charge on any atom is 0.277 e. The topological polar surface area (TPSA) is 133 Å². The summed E-state index contributed by atoms with van der Waals surface area (Å²) in [6.45, 7) is -0.283. The molecule has 0 spiro atoms. The number of carbonyl (C=O) groups is 2. The number of hydrogen-bond donors (Lipinski definition) is 4. The summed E-state index contributed by atoms with van der Waals surface area (Å²) < 4.78 is 5.36. The fourth-order valence-corrected chi connectivity index (χ4v) is 2.48. The molecule has 0 aromatic heterocycles. The summed E-state index contributed by atoms with van der Waals surface area (Å²) in [4.78, 5) is 23.9. The number of aromatic hydroxyl groups is 2. The molecule has 0 fully saturated rings. The Kier molecular flexibility index (Phi) is 7.53. The van der Waals surface area contributed by atoms with Crippen LogP contribution in [0.25, 0.3) is 0 Å². The van der Waals surface area contributed by atoms with Gasteiger partial charge in [0.25, 0.3) is 11.8 Å². The number of phenolic OH excluding ortho intramolecular Hbond substituents is 2. The molecule has 3 aromatic carbocycles. The third-order valence-corrected chi connectivity index (χ3v) is 4.12. The van der Waals surface area contributed by atoms with E-state index >= 15 is 0 Å². The molecule has 0 radical (unpaired) electrons. The van der Waals surface area contributed by atoms with Crippen molar-refractivity contribution in [2.24, 2.45) is 10.2 Å². The van der Waals surface area contributed by atoms with Gasteiger partial charge in [0.05, 0.1) is 12.4 Å². The van der Waals surface area contributed by atoms with E-state index in [1.54, 1.807) is 48.5 Å². The molecule has 3 aromatic rings. The van der Waals surface area contributed by atoms with Crippen LogP contribution in [0.1, 0.15) is 21.5 Å². The van der Waals surface area contributed by atoms with E-state index in [1.165, 1.54) is 36.7 Å². The maximum absolute atomic E-state index is 12.1. The summed E-state index contributed by atoms with van der Waals surface area (Å²) in [6, 6.07) is 19.3. The smallest absolute Gasteiger partial charge is 0.277 e. The number of nitrogens with zero attached hydrogens (tertiary/aromatic N) is 2. The lowest BCUT2D eigenvalue weighted by molar-refractivity contribution is -0.123. The third-order valence-electron chi connectivity index (χ3n) is 4.12. The second-order valence-electron chi connectivity index (χ2n) is 6.42. The van der Waals surface area contributed by atoms with Gasteiger partial charge in [0.1, 0.15) is 17.2 Å². The number of para-hydroxylation sites is 2. The molecular weight excluding hydrogens is 412 g/mol. The van der Waals surface area contributed by atoms with Gasteiger partial charge in [-0.25, -0.2) is 10.9 Å². The number of hydrazone groups is 2. The van der Waals surface area contributed by atoms with Crippen molar-refractivity contribution in [2.75, 3.05) is 6.61 Å². The molecule has 9 nitrogen and oxygen atoms in total. The van der Waals surface area contributed by atoms with Crippen molar-refractivity contribution >= 4 is 24.2 Å². The molecule has 0 atom stereocenters. The minimum Gasteiger partial charge on any atom is -0.507 e. The van der Waals surface area contributed by atoms with Gasteiger partial charge in [-0.2, -0.15) is 10.2 Å². The van der Waals surface area contributed by atoms with Crippen molar-refractivity contribution in [1.29, 1.82) is 0 Å². The summed E-state index contributed by atoms with van der Waals surface area (Å²) >= 11 is 0. The molecule has 0 saturated heterocycles. The second-order valence-corrected chi connectivity index (χ2v) is 6.42. The molecule has 9 heteroatoms. The fraction of sp³-hybridized carbons (Fsp3) is 0.0435. The van der Waals surface area contributed by atoms with Gasteiger partial charge in [-0.3, -0.25) is 9.59 Å². The Morgan fingerprint density at radius 3 is 1.88 bits per heavy atom. The highest BCUT2D eigenvalue weighted by Crippen LogP contribution is 2.14. The minimum absolute atomic E-state index is 0.0507. The second kappa shape index (κ2) is 10.9. The average molecular weight is 432 g/mol. The van der Waals surface area contributed by atoms with Crippen molar-refractivity contribution in [3.05, 3.63) is 89.5 Å². The van der Waals surface area contributed by atoms with Gasteiger partial charge in [0.15, 0.2) is 6.61 Å². The molecule has 4 N–H and O–H groups in total. The van der Waals surface area contributed by atoms with E-state index in [-0.39, 0.29) is 18.1 Å². The lowest BCUT2D eigenvalue weighted by Crippen LogP contribution is -2.24. The molecule has 3 rings (SSSR count). The summed E-state index contributed by atoms with van der Waals surface area (Å²) in [5.74, 6) is -0.440. The van der Waals surface area contributed by atoms with Crippen molar-refractivity contribution in [2.45, 2.75) is 0 Å². The number of rotatable bonds is 8. The first kappa shape index (κ1) is 22.0. The Hall–Kier alpha value is -4.66. The van der Waals surface area contributed by atoms with Crippen LogP contribution in [0.4, 0.5) is 0 Å². The Bertz CT molecular complexity index is 1140. The SMILES string of the molecule is O=C(COc1ccc(C(=O)NN=Cc2ccccc2O)cc1)NN=Cc1ccccc1O. The van der Waals surface area contributed by atoms with E-state index in [0.717, 1.165) is 0 Å². The predicted molar refractivity (Wildman–Crippen MR) is 119 cm³/mol. The van der Waals surface area contributed by atoms with Gasteiger partial charge >= 0.3 is 0 Å². The van der Waals surface area contributed by atoms with Gasteiger partial charge < -0.3 is 14.9 Å². The van der Waals surface area contributed by atoms with Crippen LogP contribution in [0.2, 0.25) is 0 Å². The molecular formula is C23H20N4O5. The molecule has 0 saturated carbocycles. The largest absolute Gasteiger partial charge is 0.507 e. The molecule has 0 unspecified atom stereocenters. The highest BCUT2D eigenvalue weighted by atomic mass is 16.5. The average Bonchev–Trinajstić information content (AvgIpc) is 2.80. The van der Waals surface area contributed by atoms with Crippen LogP contribution in [0, 0.1) is 0 Å². The van der Waals surface area contributed by atoms with E-state index in [0.29, 0.717) is 22.4 Å². The Morgan fingerprint density at radius 1 is 0.781 bits per heavy atom. The van der Waals surface area contributed by atoms with Crippen molar-refractivity contribution in [1.82, 2.24) is 10.9 Å². The van der Waals surface area contributed by atoms with Gasteiger partial charge in [-0.05, 0) is 48.5 Å². The van der Waals surface area contributed by atoms with Crippen LogP contribution in [0.5, 0.6) is 17.2 Å². The van der Waals surface area contributed by atoms with Crippen molar-refractivity contribution in [3.63, 3.8) is 0 Å². The van der Waals surface area contributed by atoms with Gasteiger partial charge in [-0.15, -0.1) is 0 Å². The van der Waals surface area contributed by atoms with E-state index in [1.807, 2.05) is 0 Å². The first-order chi connectivity index (χ1) is 15.5. The standard InChI is InChI=1S/C23H20N4O5/c28-20-7-3-1-5-17(20)13-24-26-22(30)15-32-19-11-9-16(10-12-19)23(31)27-25-14-18-6-2-4-8-21(18)29/h1-14,28-29H,15H2,(H,26,30)(H,27,31). The van der Waals surface area contributed by atoms with Crippen molar-refractivity contribution in [3.8, 4) is 17.2 Å². The Balaban J connectivity index is 1.45. The van der Waals surface area contributed by atoms with Crippen LogP contribution in [-0.2, 0) is 4.79 Å². The van der Waals surface area contributed by atoms with Crippen LogP contribution in [0.3, 0.4) is 0 Å². The monoisotopic (exact) mass is 432 g/mol. The highest BCUT2D eigenvalue weighted by Gasteiger charge is 2.06. The quantitative estimate of drug-likeness (QED) is 0.320.